The minimum atomic E-state index is 0. The Labute approximate surface area is 44.6 Å². The molecular weight excluding hydrogens is 55.0 g/mol. The molecule has 0 N–H and O–H groups in total. The van der Waals surface area contributed by atoms with Crippen molar-refractivity contribution >= 4 is 17.7 Å². The van der Waals surface area contributed by atoms with Gasteiger partial charge in [0, 0.05) is 1.43 Å². The Kier molecular flexibility index (Phi) is 3.15. The van der Waals surface area contributed by atoms with Crippen LogP contribution in [-0.2, 0) is 0 Å². The molecule has 0 aromatic carbocycles. The fourth-order valence-corrected chi connectivity index (χ4v) is 0. The summed E-state index contributed by atoms with van der Waals surface area (Å²) in [6, 6.07) is 0. The van der Waals surface area contributed by atoms with Crippen LogP contribution in [0.25, 0.3) is 0 Å². The van der Waals surface area contributed by atoms with Crippen molar-refractivity contribution in [3.8, 4) is 0 Å². The molecule has 0 bridgehead atoms. The van der Waals surface area contributed by atoms with Crippen molar-refractivity contribution in [3.05, 3.63) is 0 Å². The van der Waals surface area contributed by atoms with Crippen molar-refractivity contribution in [1.29, 1.82) is 0 Å². The molecule has 0 radical (unpaired) electrons. The summed E-state index contributed by atoms with van der Waals surface area (Å²) in [6.45, 7) is 4.42. The van der Waals surface area contributed by atoms with E-state index in [0.29, 0.717) is 0 Å². The van der Waals surface area contributed by atoms with Crippen LogP contribution < -0.4 is 0 Å². The average molecular weight is 66.1 g/mol. The number of hydrogen-bond donors (Lipinski definition) is 0. The van der Waals surface area contributed by atoms with Crippen molar-refractivity contribution < 1.29 is 1.43 Å². The summed E-state index contributed by atoms with van der Waals surface area (Å²) in [5.74, 6) is 0. The fraction of sp³-hybridized carbons (Fsp3) is 1.00. The van der Waals surface area contributed by atoms with Crippen LogP contribution in [0.3, 0.4) is 0 Å². The standard InChI is InChI=1S/C4H9.Li.H2/c1-3-4-2;;/h3H,4H2,1-2H3;;1H. The number of rotatable bonds is 1. The summed E-state index contributed by atoms with van der Waals surface area (Å²) in [4.78, 5) is 0. The van der Waals surface area contributed by atoms with Gasteiger partial charge in [-0.15, -0.1) is 0 Å². The molecule has 0 aromatic rings. The Morgan fingerprint density at radius 2 is 2.20 bits per heavy atom. The molecule has 1 atom stereocenters. The van der Waals surface area contributed by atoms with Crippen LogP contribution in [0.1, 0.15) is 21.7 Å². The van der Waals surface area contributed by atoms with Crippen molar-refractivity contribution in [2.24, 2.45) is 0 Å². The molecule has 1 unspecified atom stereocenters. The van der Waals surface area contributed by atoms with Crippen molar-refractivity contribution in [3.63, 3.8) is 0 Å². The molecular formula is C4H11Li. The molecule has 0 aliphatic heterocycles. The Bertz CT molecular complexity index is 21.5. The Morgan fingerprint density at radius 3 is 2.20 bits per heavy atom. The second-order valence-corrected chi connectivity index (χ2v) is 1.80. The van der Waals surface area contributed by atoms with Gasteiger partial charge in [-0.3, -0.25) is 0 Å². The molecule has 0 fully saturated rings. The van der Waals surface area contributed by atoms with E-state index in [4.69, 9.17) is 0 Å². The molecule has 28 valence electrons. The molecule has 0 aliphatic rings. The van der Waals surface area contributed by atoms with Gasteiger partial charge in [0.05, 0.1) is 0 Å². The van der Waals surface area contributed by atoms with Gasteiger partial charge in [0.25, 0.3) is 0 Å². The van der Waals surface area contributed by atoms with E-state index in [1.54, 1.807) is 0 Å². The number of hydrogen-bond acceptors (Lipinski definition) is 0. The van der Waals surface area contributed by atoms with Crippen LogP contribution in [0.4, 0.5) is 0 Å². The molecule has 0 amide bonds. The van der Waals surface area contributed by atoms with Crippen molar-refractivity contribution in [2.75, 3.05) is 0 Å². The molecule has 0 nitrogen and oxygen atoms in total. The molecule has 0 rings (SSSR count). The average Bonchev–Trinajstić information content (AvgIpc) is 1.38. The molecule has 0 saturated carbocycles. The SMILES string of the molecule is [HH].[Li][CH](C)CC. The van der Waals surface area contributed by atoms with Crippen LogP contribution in [0.15, 0.2) is 0 Å². The van der Waals surface area contributed by atoms with Gasteiger partial charge in [0.15, 0.2) is 0 Å². The van der Waals surface area contributed by atoms with Gasteiger partial charge in [0.1, 0.15) is 0 Å². The second kappa shape index (κ2) is 2.81. The minimum absolute atomic E-state index is 0. The van der Waals surface area contributed by atoms with Gasteiger partial charge in [-0.1, -0.05) is 0 Å². The third-order valence-corrected chi connectivity index (χ3v) is 0.816. The van der Waals surface area contributed by atoms with Gasteiger partial charge >= 0.3 is 42.6 Å². The summed E-state index contributed by atoms with van der Waals surface area (Å²) in [7, 11) is 0. The van der Waals surface area contributed by atoms with E-state index >= 15 is 0 Å². The second-order valence-electron chi connectivity index (χ2n) is 1.80. The van der Waals surface area contributed by atoms with E-state index in [2.05, 4.69) is 31.6 Å². The van der Waals surface area contributed by atoms with Gasteiger partial charge < -0.3 is 0 Å². The van der Waals surface area contributed by atoms with E-state index < -0.39 is 0 Å². The van der Waals surface area contributed by atoms with Gasteiger partial charge in [-0.05, 0) is 0 Å². The maximum absolute atomic E-state index is 2.22. The summed E-state index contributed by atoms with van der Waals surface area (Å²) in [5, 5.41) is 0. The van der Waals surface area contributed by atoms with Crippen molar-refractivity contribution in [2.45, 2.75) is 24.9 Å². The van der Waals surface area contributed by atoms with Crippen molar-refractivity contribution in [1.82, 2.24) is 0 Å². The zero-order valence-electron chi connectivity index (χ0n) is 4.28. The molecule has 1 heteroatoms. The van der Waals surface area contributed by atoms with Crippen LogP contribution in [-0.4, -0.2) is 17.7 Å². The Hall–Kier alpha value is 0.597. The third kappa shape index (κ3) is 4.60. The van der Waals surface area contributed by atoms with Gasteiger partial charge in [-0.25, -0.2) is 0 Å². The molecule has 0 heterocycles. The fourth-order valence-electron chi connectivity index (χ4n) is 0. The van der Waals surface area contributed by atoms with E-state index in [-0.39, 0.29) is 1.43 Å². The predicted octanol–water partition coefficient (Wildman–Crippen LogP) is 1.62. The summed E-state index contributed by atoms with van der Waals surface area (Å²) >= 11 is 2.22. The van der Waals surface area contributed by atoms with E-state index in [0.717, 1.165) is 4.59 Å². The van der Waals surface area contributed by atoms with Gasteiger partial charge in [-0.2, -0.15) is 0 Å². The monoisotopic (exact) mass is 66.1 g/mol. The quantitative estimate of drug-likeness (QED) is 0.408. The Balaban J connectivity index is 0. The van der Waals surface area contributed by atoms with Gasteiger partial charge in [0.2, 0.25) is 0 Å². The first kappa shape index (κ1) is 5.60. The first-order valence-corrected chi connectivity index (χ1v) is 2.27. The predicted molar refractivity (Wildman–Crippen MR) is 27.6 cm³/mol. The zero-order valence-corrected chi connectivity index (χ0v) is 4.28. The first-order valence-electron chi connectivity index (χ1n) is 2.27. The van der Waals surface area contributed by atoms with E-state index in [1.807, 2.05) is 0 Å². The van der Waals surface area contributed by atoms with Crippen LogP contribution in [0.2, 0.25) is 4.59 Å². The molecule has 0 aliphatic carbocycles. The normalized spacial score (nSPS) is 15.2. The third-order valence-electron chi connectivity index (χ3n) is 0.816. The topological polar surface area (TPSA) is 0 Å². The van der Waals surface area contributed by atoms with Crippen LogP contribution in [0, 0.1) is 0 Å². The molecule has 0 saturated heterocycles. The zero-order chi connectivity index (χ0) is 4.28. The molecule has 5 heavy (non-hydrogen) atoms. The summed E-state index contributed by atoms with van der Waals surface area (Å²) < 4.78 is 0.884. The summed E-state index contributed by atoms with van der Waals surface area (Å²) in [5.41, 5.74) is 0. The van der Waals surface area contributed by atoms with Crippen LogP contribution >= 0.6 is 0 Å². The van der Waals surface area contributed by atoms with E-state index in [9.17, 15) is 0 Å². The summed E-state index contributed by atoms with van der Waals surface area (Å²) in [6.07, 6.45) is 1.31. The van der Waals surface area contributed by atoms with E-state index in [1.165, 1.54) is 6.42 Å². The molecule has 0 spiro atoms. The Morgan fingerprint density at radius 1 is 2.00 bits per heavy atom. The first-order chi connectivity index (χ1) is 2.27. The maximum atomic E-state index is 2.22. The molecule has 0 aromatic heterocycles. The van der Waals surface area contributed by atoms with Crippen LogP contribution in [0.5, 0.6) is 0 Å².